The van der Waals surface area contributed by atoms with E-state index in [4.69, 9.17) is 10.5 Å². The van der Waals surface area contributed by atoms with Crippen LogP contribution in [-0.2, 0) is 9.53 Å². The van der Waals surface area contributed by atoms with Gasteiger partial charge in [-0.05, 0) is 19.1 Å². The molecule has 0 unspecified atom stereocenters. The Balaban J connectivity index is 2.22. The zero-order valence-corrected chi connectivity index (χ0v) is 12.1. The predicted octanol–water partition coefficient (Wildman–Crippen LogP) is 2.02. The number of aromatic nitrogens is 1. The first-order valence-corrected chi connectivity index (χ1v) is 6.77. The second-order valence-corrected chi connectivity index (χ2v) is 4.84. The Labute approximate surface area is 126 Å². The van der Waals surface area contributed by atoms with Gasteiger partial charge in [-0.3, -0.25) is 9.79 Å². The number of benzene rings is 1. The third-order valence-corrected chi connectivity index (χ3v) is 3.24. The van der Waals surface area contributed by atoms with Gasteiger partial charge in [0.25, 0.3) is 0 Å². The van der Waals surface area contributed by atoms with Crippen molar-refractivity contribution in [1.29, 1.82) is 0 Å². The number of hydrogen-bond donors (Lipinski definition) is 2. The van der Waals surface area contributed by atoms with Crippen molar-refractivity contribution in [3.63, 3.8) is 0 Å². The van der Waals surface area contributed by atoms with E-state index in [2.05, 4.69) is 15.3 Å². The highest BCUT2D eigenvalue weighted by molar-refractivity contribution is 6.18. The van der Waals surface area contributed by atoms with Gasteiger partial charge in [0.15, 0.2) is 0 Å². The molecule has 0 radical (unpaired) electrons. The van der Waals surface area contributed by atoms with Crippen molar-refractivity contribution >= 4 is 46.1 Å². The molecule has 7 nitrogen and oxygen atoms in total. The van der Waals surface area contributed by atoms with Crippen LogP contribution in [0.25, 0.3) is 10.9 Å². The van der Waals surface area contributed by atoms with Gasteiger partial charge in [0.2, 0.25) is 5.91 Å². The zero-order chi connectivity index (χ0) is 15.9. The summed E-state index contributed by atoms with van der Waals surface area (Å²) in [5, 5.41) is 3.42. The van der Waals surface area contributed by atoms with Gasteiger partial charge in [-0.2, -0.15) is 0 Å². The molecule has 2 heterocycles. The molecule has 1 aromatic carbocycles. The molecule has 0 bridgehead atoms. The fraction of sp³-hybridized carbons (Fsp3) is 0.200. The normalized spacial score (nSPS) is 11.7. The topological polar surface area (TPSA) is 107 Å². The SMILES string of the molecule is CCOC(=O)c1cc2c3c(c(NC(C)=O)cc(N)c3n1)N=C2. The number of anilines is 2. The standard InChI is InChI=1S/C15H14N4O3/c1-3-22-15(21)11-4-8-6-17-14-10(18-7(2)20)5-9(16)13(19-11)12(8)14/h4-6H,3,16H2,1-2H3,(H,18,20). The van der Waals surface area contributed by atoms with Gasteiger partial charge in [-0.1, -0.05) is 0 Å². The van der Waals surface area contributed by atoms with Crippen LogP contribution in [0.2, 0.25) is 0 Å². The summed E-state index contributed by atoms with van der Waals surface area (Å²) < 4.78 is 4.97. The Hall–Kier alpha value is -2.96. The molecule has 2 aromatic rings. The molecule has 0 fully saturated rings. The van der Waals surface area contributed by atoms with Crippen LogP contribution < -0.4 is 11.1 Å². The molecule has 1 aromatic heterocycles. The number of pyridine rings is 1. The van der Waals surface area contributed by atoms with Gasteiger partial charge in [0.05, 0.1) is 29.2 Å². The highest BCUT2D eigenvalue weighted by Gasteiger charge is 2.22. The van der Waals surface area contributed by atoms with Crippen LogP contribution in [0.4, 0.5) is 17.1 Å². The molecule has 22 heavy (non-hydrogen) atoms. The monoisotopic (exact) mass is 298 g/mol. The number of nitrogen functional groups attached to an aromatic ring is 1. The number of hydrogen-bond acceptors (Lipinski definition) is 6. The molecule has 3 N–H and O–H groups in total. The van der Waals surface area contributed by atoms with Crippen molar-refractivity contribution in [2.45, 2.75) is 13.8 Å². The summed E-state index contributed by atoms with van der Waals surface area (Å²) in [4.78, 5) is 31.7. The van der Waals surface area contributed by atoms with Crippen molar-refractivity contribution < 1.29 is 14.3 Å². The summed E-state index contributed by atoms with van der Waals surface area (Å²) >= 11 is 0. The van der Waals surface area contributed by atoms with Gasteiger partial charge in [0, 0.05) is 24.1 Å². The van der Waals surface area contributed by atoms with Gasteiger partial charge in [-0.15, -0.1) is 0 Å². The van der Waals surface area contributed by atoms with E-state index in [1.165, 1.54) is 6.92 Å². The molecule has 1 aliphatic heterocycles. The summed E-state index contributed by atoms with van der Waals surface area (Å²) in [6.07, 6.45) is 1.62. The van der Waals surface area contributed by atoms with Gasteiger partial charge >= 0.3 is 5.97 Å². The Morgan fingerprint density at radius 1 is 1.36 bits per heavy atom. The van der Waals surface area contributed by atoms with Crippen molar-refractivity contribution in [2.75, 3.05) is 17.7 Å². The second kappa shape index (κ2) is 5.10. The number of nitrogens with zero attached hydrogens (tertiary/aromatic N) is 2. The highest BCUT2D eigenvalue weighted by atomic mass is 16.5. The molecule has 0 atom stereocenters. The number of ether oxygens (including phenoxy) is 1. The summed E-state index contributed by atoms with van der Waals surface area (Å²) in [5.41, 5.74) is 8.88. The number of nitrogens with two attached hydrogens (primary N) is 1. The summed E-state index contributed by atoms with van der Waals surface area (Å²) in [7, 11) is 0. The molecule has 112 valence electrons. The number of carbonyl (C=O) groups excluding carboxylic acids is 2. The molecule has 0 saturated heterocycles. The Morgan fingerprint density at radius 2 is 2.14 bits per heavy atom. The number of carbonyl (C=O) groups is 2. The fourth-order valence-electron chi connectivity index (χ4n) is 2.41. The summed E-state index contributed by atoms with van der Waals surface area (Å²) in [6.45, 7) is 3.41. The molecule has 1 amide bonds. The first-order valence-electron chi connectivity index (χ1n) is 6.77. The van der Waals surface area contributed by atoms with Gasteiger partial charge in [0.1, 0.15) is 5.69 Å². The average molecular weight is 298 g/mol. The van der Waals surface area contributed by atoms with Crippen LogP contribution in [0, 0.1) is 0 Å². The molecule has 3 rings (SSSR count). The first-order chi connectivity index (χ1) is 10.5. The van der Waals surface area contributed by atoms with Crippen LogP contribution in [0.1, 0.15) is 29.9 Å². The van der Waals surface area contributed by atoms with E-state index in [0.717, 1.165) is 10.9 Å². The second-order valence-electron chi connectivity index (χ2n) is 4.84. The van der Waals surface area contributed by atoms with Gasteiger partial charge in [-0.25, -0.2) is 9.78 Å². The number of aliphatic imine (C=N–C) groups is 1. The summed E-state index contributed by atoms with van der Waals surface area (Å²) in [6, 6.07) is 3.20. The Morgan fingerprint density at radius 3 is 2.82 bits per heavy atom. The van der Waals surface area contributed by atoms with Crippen molar-refractivity contribution in [1.82, 2.24) is 4.98 Å². The number of nitrogens with one attached hydrogen (secondary N) is 1. The smallest absolute Gasteiger partial charge is 0.356 e. The molecule has 0 saturated carbocycles. The maximum absolute atomic E-state index is 11.9. The molecular formula is C15H14N4O3. The minimum atomic E-state index is -0.507. The van der Waals surface area contributed by atoms with Crippen molar-refractivity contribution in [2.24, 2.45) is 4.99 Å². The van der Waals surface area contributed by atoms with Crippen LogP contribution in [-0.4, -0.2) is 29.7 Å². The lowest BCUT2D eigenvalue weighted by Gasteiger charge is -2.11. The minimum absolute atomic E-state index is 0.183. The molecule has 1 aliphatic rings. The molecular weight excluding hydrogens is 284 g/mol. The molecule has 7 heteroatoms. The average Bonchev–Trinajstić information content (AvgIpc) is 2.88. The van der Waals surface area contributed by atoms with E-state index in [-0.39, 0.29) is 18.2 Å². The van der Waals surface area contributed by atoms with E-state index in [0.29, 0.717) is 22.6 Å². The Kier molecular flexibility index (Phi) is 3.25. The van der Waals surface area contributed by atoms with Gasteiger partial charge < -0.3 is 15.8 Å². The van der Waals surface area contributed by atoms with E-state index in [1.807, 2.05) is 0 Å². The number of rotatable bonds is 3. The first kappa shape index (κ1) is 14.0. The predicted molar refractivity (Wildman–Crippen MR) is 83.7 cm³/mol. The number of esters is 1. The highest BCUT2D eigenvalue weighted by Crippen LogP contribution is 2.41. The third-order valence-electron chi connectivity index (χ3n) is 3.24. The van der Waals surface area contributed by atoms with Crippen LogP contribution >= 0.6 is 0 Å². The third kappa shape index (κ3) is 2.16. The zero-order valence-electron chi connectivity index (χ0n) is 12.1. The van der Waals surface area contributed by atoms with Crippen LogP contribution in [0.3, 0.4) is 0 Å². The summed E-state index contributed by atoms with van der Waals surface area (Å²) in [5.74, 6) is -0.720. The maximum Gasteiger partial charge on any atom is 0.356 e. The number of amides is 1. The van der Waals surface area contributed by atoms with Crippen LogP contribution in [0.5, 0.6) is 0 Å². The quantitative estimate of drug-likeness (QED) is 0.568. The van der Waals surface area contributed by atoms with E-state index < -0.39 is 5.97 Å². The van der Waals surface area contributed by atoms with E-state index >= 15 is 0 Å². The molecule has 0 aliphatic carbocycles. The van der Waals surface area contributed by atoms with E-state index in [9.17, 15) is 9.59 Å². The lowest BCUT2D eigenvalue weighted by molar-refractivity contribution is -0.114. The minimum Gasteiger partial charge on any atom is -0.461 e. The lowest BCUT2D eigenvalue weighted by Crippen LogP contribution is -2.09. The van der Waals surface area contributed by atoms with Crippen molar-refractivity contribution in [3.8, 4) is 0 Å². The lowest BCUT2D eigenvalue weighted by atomic mass is 10.1. The van der Waals surface area contributed by atoms with Crippen LogP contribution in [0.15, 0.2) is 17.1 Å². The maximum atomic E-state index is 11.9. The van der Waals surface area contributed by atoms with E-state index in [1.54, 1.807) is 25.3 Å². The largest absolute Gasteiger partial charge is 0.461 e. The molecule has 0 spiro atoms. The Bertz CT molecular complexity index is 843. The van der Waals surface area contributed by atoms with Crippen molar-refractivity contribution in [3.05, 3.63) is 23.4 Å². The fourth-order valence-corrected chi connectivity index (χ4v) is 2.41.